The molecule has 9 heteroatoms. The minimum atomic E-state index is -1.12. The maximum atomic E-state index is 12.2. The van der Waals surface area contributed by atoms with E-state index in [9.17, 15) is 14.7 Å². The van der Waals surface area contributed by atoms with Gasteiger partial charge in [0.05, 0.1) is 5.60 Å². The van der Waals surface area contributed by atoms with Crippen LogP contribution in [0.1, 0.15) is 25.7 Å². The number of carbonyl (C=O) groups excluding carboxylic acids is 1. The average Bonchev–Trinajstić information content (AvgIpc) is 3.15. The second-order valence-electron chi connectivity index (χ2n) is 7.48. The molecule has 0 aliphatic carbocycles. The van der Waals surface area contributed by atoms with Crippen molar-refractivity contribution in [2.24, 2.45) is 5.73 Å². The van der Waals surface area contributed by atoms with E-state index < -0.39 is 17.6 Å². The van der Waals surface area contributed by atoms with Crippen LogP contribution in [0.2, 0.25) is 0 Å². The van der Waals surface area contributed by atoms with Gasteiger partial charge >= 0.3 is 5.97 Å². The van der Waals surface area contributed by atoms with E-state index in [0.717, 1.165) is 11.5 Å². The molecule has 1 aliphatic rings. The highest BCUT2D eigenvalue weighted by molar-refractivity contribution is 5.78. The Kier molecular flexibility index (Phi) is 5.85. The third kappa shape index (κ3) is 4.42. The lowest BCUT2D eigenvalue weighted by molar-refractivity contribution is -0.139. The summed E-state index contributed by atoms with van der Waals surface area (Å²) in [7, 11) is 1.63. The van der Waals surface area contributed by atoms with Gasteiger partial charge in [-0.25, -0.2) is 4.98 Å². The molecule has 1 fully saturated rings. The van der Waals surface area contributed by atoms with Gasteiger partial charge in [0, 0.05) is 45.5 Å². The second-order valence-corrected chi connectivity index (χ2v) is 7.48. The number of carbonyl (C=O) groups is 2. The number of amides is 1. The molecular weight excluding hydrogens is 362 g/mol. The van der Waals surface area contributed by atoms with E-state index in [1.54, 1.807) is 13.2 Å². The summed E-state index contributed by atoms with van der Waals surface area (Å²) in [5.74, 6) is -0.297. The van der Waals surface area contributed by atoms with E-state index in [1.165, 1.54) is 4.90 Å². The highest BCUT2D eigenvalue weighted by atomic mass is 16.4. The molecular formula is C19H27N5O4. The fourth-order valence-electron chi connectivity index (χ4n) is 3.62. The van der Waals surface area contributed by atoms with E-state index in [1.807, 2.05) is 28.8 Å². The Labute approximate surface area is 163 Å². The number of nitrogens with two attached hydrogens (primary N) is 1. The van der Waals surface area contributed by atoms with Gasteiger partial charge in [-0.15, -0.1) is 0 Å². The van der Waals surface area contributed by atoms with Gasteiger partial charge in [-0.3, -0.25) is 14.0 Å². The molecule has 0 saturated carbocycles. The zero-order chi connectivity index (χ0) is 20.3. The van der Waals surface area contributed by atoms with Gasteiger partial charge in [0.1, 0.15) is 17.5 Å². The second kappa shape index (κ2) is 8.15. The smallest absolute Gasteiger partial charge is 0.320 e. The normalized spacial score (nSPS) is 17.5. The molecule has 1 atom stereocenters. The predicted octanol–water partition coefficient (Wildman–Crippen LogP) is 0.316. The van der Waals surface area contributed by atoms with Crippen LogP contribution in [0.3, 0.4) is 0 Å². The van der Waals surface area contributed by atoms with E-state index >= 15 is 0 Å². The molecule has 2 aromatic heterocycles. The summed E-state index contributed by atoms with van der Waals surface area (Å²) in [6, 6.07) is 4.89. The van der Waals surface area contributed by atoms with E-state index in [-0.39, 0.29) is 25.3 Å². The van der Waals surface area contributed by atoms with E-state index in [4.69, 9.17) is 10.8 Å². The SMILES string of the molecule is CN(CC1(O)CCN(c2cccc3nccn23)CC1)C(=O)CC[C@H](N)C(=O)O. The Morgan fingerprint density at radius 2 is 2.07 bits per heavy atom. The summed E-state index contributed by atoms with van der Waals surface area (Å²) in [6.45, 7) is 1.55. The molecule has 2 aromatic rings. The number of hydrogen-bond acceptors (Lipinski definition) is 6. The number of fused-ring (bicyclic) bond motifs is 1. The monoisotopic (exact) mass is 389 g/mol. The third-order valence-electron chi connectivity index (χ3n) is 5.37. The van der Waals surface area contributed by atoms with Gasteiger partial charge in [-0.05, 0) is 31.4 Å². The van der Waals surface area contributed by atoms with Crippen molar-refractivity contribution in [2.45, 2.75) is 37.3 Å². The number of nitrogens with zero attached hydrogens (tertiary/aromatic N) is 4. The van der Waals surface area contributed by atoms with Crippen molar-refractivity contribution >= 4 is 23.3 Å². The van der Waals surface area contributed by atoms with E-state index in [0.29, 0.717) is 25.9 Å². The lowest BCUT2D eigenvalue weighted by Crippen LogP contribution is -2.51. The van der Waals surface area contributed by atoms with Gasteiger partial charge in [0.25, 0.3) is 0 Å². The van der Waals surface area contributed by atoms with E-state index in [2.05, 4.69) is 9.88 Å². The van der Waals surface area contributed by atoms with Crippen molar-refractivity contribution in [1.29, 1.82) is 0 Å². The standard InChI is InChI=1S/C19H27N5O4/c1-22(17(25)6-5-14(20)18(26)27)13-19(28)7-10-23(11-8-19)16-4-2-3-15-21-9-12-24(15)16/h2-4,9,12,14,28H,5-8,10-11,13,20H2,1H3,(H,26,27)/t14-/m0/s1. The number of hydrogen-bond donors (Lipinski definition) is 3. The van der Waals surface area contributed by atoms with Crippen LogP contribution in [0.15, 0.2) is 30.6 Å². The molecule has 0 radical (unpaired) electrons. The summed E-state index contributed by atoms with van der Waals surface area (Å²) < 4.78 is 2.02. The van der Waals surface area contributed by atoms with Gasteiger partial charge in [0.15, 0.2) is 0 Å². The predicted molar refractivity (Wildman–Crippen MR) is 104 cm³/mol. The van der Waals surface area contributed by atoms with Crippen molar-refractivity contribution in [1.82, 2.24) is 14.3 Å². The molecule has 152 valence electrons. The van der Waals surface area contributed by atoms with Crippen molar-refractivity contribution in [3.8, 4) is 0 Å². The van der Waals surface area contributed by atoms with Crippen molar-refractivity contribution in [3.05, 3.63) is 30.6 Å². The minimum Gasteiger partial charge on any atom is -0.480 e. The molecule has 0 aromatic carbocycles. The zero-order valence-electron chi connectivity index (χ0n) is 16.0. The summed E-state index contributed by atoms with van der Waals surface area (Å²) >= 11 is 0. The lowest BCUT2D eigenvalue weighted by Gasteiger charge is -2.41. The number of pyridine rings is 1. The van der Waals surface area contributed by atoms with Crippen LogP contribution in [0.25, 0.3) is 5.65 Å². The topological polar surface area (TPSA) is 124 Å². The van der Waals surface area contributed by atoms with Crippen LogP contribution < -0.4 is 10.6 Å². The number of aliphatic hydroxyl groups is 1. The highest BCUT2D eigenvalue weighted by Crippen LogP contribution is 2.27. The zero-order valence-corrected chi connectivity index (χ0v) is 16.0. The molecule has 4 N–H and O–H groups in total. The molecule has 0 unspecified atom stereocenters. The number of aliphatic carboxylic acids is 1. The van der Waals surface area contributed by atoms with Gasteiger partial charge in [-0.2, -0.15) is 0 Å². The van der Waals surface area contributed by atoms with Crippen LogP contribution in [-0.2, 0) is 9.59 Å². The first-order valence-electron chi connectivity index (χ1n) is 9.41. The molecule has 1 aliphatic heterocycles. The molecule has 1 saturated heterocycles. The fraction of sp³-hybridized carbons (Fsp3) is 0.526. The lowest BCUT2D eigenvalue weighted by atomic mass is 9.90. The minimum absolute atomic E-state index is 0.0504. The maximum Gasteiger partial charge on any atom is 0.320 e. The fourth-order valence-corrected chi connectivity index (χ4v) is 3.62. The molecule has 0 spiro atoms. The summed E-state index contributed by atoms with van der Waals surface area (Å²) in [4.78, 5) is 31.0. The summed E-state index contributed by atoms with van der Waals surface area (Å²) in [5, 5.41) is 19.7. The van der Waals surface area contributed by atoms with Gasteiger partial charge < -0.3 is 25.7 Å². The molecule has 1 amide bonds. The Hall–Kier alpha value is -2.65. The first-order chi connectivity index (χ1) is 13.3. The maximum absolute atomic E-state index is 12.2. The number of imidazole rings is 1. The number of aromatic nitrogens is 2. The number of carboxylic acids is 1. The Morgan fingerprint density at radius 3 is 2.75 bits per heavy atom. The molecule has 3 rings (SSSR count). The average molecular weight is 389 g/mol. The number of rotatable bonds is 7. The molecule has 28 heavy (non-hydrogen) atoms. The number of piperidine rings is 1. The third-order valence-corrected chi connectivity index (χ3v) is 5.37. The Balaban J connectivity index is 1.55. The quantitative estimate of drug-likeness (QED) is 0.623. The Bertz CT molecular complexity index is 844. The number of anilines is 1. The molecule has 3 heterocycles. The number of likely N-dealkylation sites (N-methyl/N-ethyl adjacent to an activating group) is 1. The summed E-state index contributed by atoms with van der Waals surface area (Å²) in [6.07, 6.45) is 4.87. The van der Waals surface area contributed by atoms with Crippen LogP contribution >= 0.6 is 0 Å². The number of carboxylic acid groups (broad SMARTS) is 1. The van der Waals surface area contributed by atoms with Crippen LogP contribution in [0.5, 0.6) is 0 Å². The van der Waals surface area contributed by atoms with Gasteiger partial charge in [0.2, 0.25) is 5.91 Å². The van der Waals surface area contributed by atoms with Crippen molar-refractivity contribution in [3.63, 3.8) is 0 Å². The largest absolute Gasteiger partial charge is 0.480 e. The van der Waals surface area contributed by atoms with Gasteiger partial charge in [-0.1, -0.05) is 6.07 Å². The van der Waals surface area contributed by atoms with Crippen LogP contribution in [0, 0.1) is 0 Å². The highest BCUT2D eigenvalue weighted by Gasteiger charge is 2.35. The summed E-state index contributed by atoms with van der Waals surface area (Å²) in [5.41, 5.74) is 5.36. The van der Waals surface area contributed by atoms with Crippen LogP contribution in [0.4, 0.5) is 5.82 Å². The van der Waals surface area contributed by atoms with Crippen LogP contribution in [-0.4, -0.2) is 74.7 Å². The molecule has 9 nitrogen and oxygen atoms in total. The Morgan fingerprint density at radius 1 is 1.36 bits per heavy atom. The first-order valence-corrected chi connectivity index (χ1v) is 9.41. The molecule has 0 bridgehead atoms. The first kappa shape index (κ1) is 20.1. The van der Waals surface area contributed by atoms with Crippen molar-refractivity contribution < 1.29 is 19.8 Å². The van der Waals surface area contributed by atoms with Crippen molar-refractivity contribution in [2.75, 3.05) is 31.6 Å².